The van der Waals surface area contributed by atoms with E-state index in [4.69, 9.17) is 37.8 Å². The highest BCUT2D eigenvalue weighted by atomic mass is 35.5. The fraction of sp³-hybridized carbons (Fsp3) is 0.344. The smallest absolute Gasteiger partial charge is 0.250 e. The van der Waals surface area contributed by atoms with Gasteiger partial charge in [-0.25, -0.2) is 9.07 Å². The van der Waals surface area contributed by atoms with Crippen LogP contribution in [0.4, 0.5) is 10.1 Å². The van der Waals surface area contributed by atoms with Crippen molar-refractivity contribution in [3.63, 3.8) is 0 Å². The van der Waals surface area contributed by atoms with Crippen LogP contribution in [-0.2, 0) is 10.3 Å². The first-order chi connectivity index (χ1) is 20.9. The first-order valence-corrected chi connectivity index (χ1v) is 15.1. The quantitative estimate of drug-likeness (QED) is 0.269. The first kappa shape index (κ1) is 26.9. The van der Waals surface area contributed by atoms with Gasteiger partial charge in [0.1, 0.15) is 29.2 Å². The number of likely N-dealkylation sites (tertiary alicyclic amines) is 1. The van der Waals surface area contributed by atoms with Crippen molar-refractivity contribution in [1.82, 2.24) is 14.7 Å². The number of hydrogen-bond donors (Lipinski definition) is 1. The fourth-order valence-corrected chi connectivity index (χ4v) is 7.91. The third-order valence-electron chi connectivity index (χ3n) is 9.44. The van der Waals surface area contributed by atoms with Gasteiger partial charge in [0.05, 0.1) is 29.6 Å². The van der Waals surface area contributed by atoms with Gasteiger partial charge < -0.3 is 14.8 Å². The maximum Gasteiger partial charge on any atom is 0.250 e. The molecule has 11 heteroatoms. The van der Waals surface area contributed by atoms with Crippen LogP contribution in [0.25, 0.3) is 10.9 Å². The number of aliphatic imine (C=N–C) groups is 1. The van der Waals surface area contributed by atoms with Gasteiger partial charge >= 0.3 is 0 Å². The average Bonchev–Trinajstić information content (AvgIpc) is 3.59. The second-order valence-corrected chi connectivity index (χ2v) is 12.6. The van der Waals surface area contributed by atoms with Gasteiger partial charge in [0, 0.05) is 53.6 Å². The van der Waals surface area contributed by atoms with E-state index >= 15 is 4.39 Å². The molecule has 3 aromatic carbocycles. The molecule has 3 aliphatic heterocycles. The lowest BCUT2D eigenvalue weighted by Crippen LogP contribution is -2.54. The number of anilines is 1. The largest absolute Gasteiger partial charge is 0.496 e. The SMILES string of the molecule is C/N=C/c1cc2c3n(nc2cc1OC)[C@@H]1[C@H](CO3)N(CC2CC2)[C@@]2(C(=O)Nc3cc(Cl)ccc32)[C@H]1c1cccc(Cl)c1F. The Morgan fingerprint density at radius 2 is 2.07 bits per heavy atom. The van der Waals surface area contributed by atoms with Crippen LogP contribution in [0.2, 0.25) is 10.0 Å². The Morgan fingerprint density at radius 1 is 1.23 bits per heavy atom. The van der Waals surface area contributed by atoms with Gasteiger partial charge in [-0.15, -0.1) is 0 Å². The molecule has 1 amide bonds. The van der Waals surface area contributed by atoms with Crippen molar-refractivity contribution in [2.24, 2.45) is 10.9 Å². The fourth-order valence-electron chi connectivity index (χ4n) is 7.55. The zero-order chi connectivity index (χ0) is 29.6. The third kappa shape index (κ3) is 3.74. The number of amides is 1. The molecule has 1 saturated heterocycles. The molecule has 1 aromatic heterocycles. The lowest BCUT2D eigenvalue weighted by molar-refractivity contribution is -0.128. The monoisotopic (exact) mass is 619 g/mol. The number of fused-ring (bicyclic) bond motifs is 7. The summed E-state index contributed by atoms with van der Waals surface area (Å²) in [4.78, 5) is 21.0. The molecule has 0 radical (unpaired) electrons. The second-order valence-electron chi connectivity index (χ2n) is 11.7. The number of ether oxygens (including phenoxy) is 2. The molecule has 0 bridgehead atoms. The molecule has 1 N–H and O–H groups in total. The summed E-state index contributed by atoms with van der Waals surface area (Å²) < 4.78 is 30.2. The number of nitrogens with zero attached hydrogens (tertiary/aromatic N) is 4. The number of rotatable bonds is 5. The number of methoxy groups -OCH3 is 1. The van der Waals surface area contributed by atoms with Crippen LogP contribution in [0.1, 0.15) is 41.5 Å². The van der Waals surface area contributed by atoms with Gasteiger partial charge in [0.25, 0.3) is 0 Å². The minimum absolute atomic E-state index is 0.00529. The van der Waals surface area contributed by atoms with Crippen molar-refractivity contribution < 1.29 is 18.7 Å². The molecule has 1 saturated carbocycles. The summed E-state index contributed by atoms with van der Waals surface area (Å²) in [5.41, 5.74) is 1.97. The van der Waals surface area contributed by atoms with E-state index in [0.717, 1.165) is 29.4 Å². The van der Waals surface area contributed by atoms with Crippen molar-refractivity contribution >= 4 is 51.9 Å². The Labute approximate surface area is 257 Å². The second kappa shape index (κ2) is 9.67. The topological polar surface area (TPSA) is 81.0 Å². The molecule has 0 unspecified atom stereocenters. The van der Waals surface area contributed by atoms with Crippen LogP contribution >= 0.6 is 23.2 Å². The Bertz CT molecular complexity index is 1860. The van der Waals surface area contributed by atoms with E-state index < -0.39 is 23.3 Å². The standard InChI is InChI=1S/C32H28Cl2FN5O3/c1-36-13-17-10-20-23(12-26(17)42-2)38-40-29-25(15-43-30(20)40)39(14-16-6-7-16)32(27(29)19-4-3-5-22(34)28(19)35)21-9-8-18(33)11-24(21)37-31(32)41/h3-5,8-13,16,25,27,29H,6-7,14-15H2,1-2H3,(H,37,41)/b36-13+/t25-,27-,29+,32+/m0/s1. The number of halogens is 3. The highest BCUT2D eigenvalue weighted by Crippen LogP contribution is 2.63. The molecule has 4 heterocycles. The number of aromatic nitrogens is 2. The van der Waals surface area contributed by atoms with Crippen molar-refractivity contribution in [2.45, 2.75) is 36.4 Å². The minimum Gasteiger partial charge on any atom is -0.496 e. The molecular formula is C32H28Cl2FN5O3. The number of carbonyl (C=O) groups is 1. The third-order valence-corrected chi connectivity index (χ3v) is 9.96. The lowest BCUT2D eigenvalue weighted by atomic mass is 9.73. The molecular weight excluding hydrogens is 592 g/mol. The van der Waals surface area contributed by atoms with Crippen molar-refractivity contribution in [2.75, 3.05) is 32.6 Å². The van der Waals surface area contributed by atoms with Gasteiger partial charge in [0.15, 0.2) is 0 Å². The minimum atomic E-state index is -1.25. The number of hydrogen-bond acceptors (Lipinski definition) is 6. The normalized spacial score (nSPS) is 26.1. The van der Waals surface area contributed by atoms with E-state index in [1.54, 1.807) is 44.6 Å². The summed E-state index contributed by atoms with van der Waals surface area (Å²) in [6, 6.07) is 13.5. The summed E-state index contributed by atoms with van der Waals surface area (Å²) in [5.74, 6) is 0.182. The van der Waals surface area contributed by atoms with Gasteiger partial charge in [0.2, 0.25) is 11.8 Å². The van der Waals surface area contributed by atoms with E-state index in [1.165, 1.54) is 6.07 Å². The number of benzene rings is 3. The van der Waals surface area contributed by atoms with Crippen LogP contribution in [0, 0.1) is 11.7 Å². The van der Waals surface area contributed by atoms with Gasteiger partial charge in [-0.1, -0.05) is 41.4 Å². The highest BCUT2D eigenvalue weighted by Gasteiger charge is 2.69. The molecule has 4 aliphatic rings. The van der Waals surface area contributed by atoms with Crippen LogP contribution < -0.4 is 14.8 Å². The van der Waals surface area contributed by atoms with Gasteiger partial charge in [-0.2, -0.15) is 5.10 Å². The summed E-state index contributed by atoms with van der Waals surface area (Å²) in [6.45, 7) is 0.970. The Hall–Kier alpha value is -3.66. The number of carbonyl (C=O) groups excluding carboxylic acids is 1. The predicted octanol–water partition coefficient (Wildman–Crippen LogP) is 6.20. The summed E-state index contributed by atoms with van der Waals surface area (Å²) in [7, 11) is 3.31. The van der Waals surface area contributed by atoms with E-state index in [-0.39, 0.29) is 17.0 Å². The zero-order valence-corrected chi connectivity index (χ0v) is 25.0. The predicted molar refractivity (Wildman–Crippen MR) is 163 cm³/mol. The lowest BCUT2D eigenvalue weighted by Gasteiger charge is -2.39. The Kier molecular flexibility index (Phi) is 6.06. The van der Waals surface area contributed by atoms with E-state index in [9.17, 15) is 4.79 Å². The van der Waals surface area contributed by atoms with E-state index in [2.05, 4.69) is 15.2 Å². The van der Waals surface area contributed by atoms with Crippen LogP contribution in [0.5, 0.6) is 11.6 Å². The highest BCUT2D eigenvalue weighted by molar-refractivity contribution is 6.31. The van der Waals surface area contributed by atoms with Crippen LogP contribution in [-0.4, -0.2) is 60.2 Å². The molecule has 220 valence electrons. The van der Waals surface area contributed by atoms with E-state index in [1.807, 2.05) is 22.9 Å². The maximum absolute atomic E-state index is 16.2. The molecule has 4 aromatic rings. The van der Waals surface area contributed by atoms with Gasteiger partial charge in [-0.3, -0.25) is 14.7 Å². The summed E-state index contributed by atoms with van der Waals surface area (Å²) in [5, 5.41) is 9.45. The zero-order valence-electron chi connectivity index (χ0n) is 23.5. The van der Waals surface area contributed by atoms with Crippen LogP contribution in [0.15, 0.2) is 53.5 Å². The van der Waals surface area contributed by atoms with Crippen molar-refractivity contribution in [1.29, 1.82) is 0 Å². The molecule has 43 heavy (non-hydrogen) atoms. The summed E-state index contributed by atoms with van der Waals surface area (Å²) in [6.07, 6.45) is 3.88. The van der Waals surface area contributed by atoms with Crippen molar-refractivity contribution in [3.8, 4) is 11.6 Å². The van der Waals surface area contributed by atoms with Crippen molar-refractivity contribution in [3.05, 3.63) is 81.1 Å². The molecule has 4 atom stereocenters. The maximum atomic E-state index is 16.2. The first-order valence-electron chi connectivity index (χ1n) is 14.3. The molecule has 2 fully saturated rings. The van der Waals surface area contributed by atoms with Crippen LogP contribution in [0.3, 0.4) is 0 Å². The molecule has 1 aliphatic carbocycles. The Balaban J connectivity index is 1.43. The Morgan fingerprint density at radius 3 is 2.84 bits per heavy atom. The molecule has 8 nitrogen and oxygen atoms in total. The average molecular weight is 621 g/mol. The summed E-state index contributed by atoms with van der Waals surface area (Å²) >= 11 is 12.8. The molecule has 8 rings (SSSR count). The van der Waals surface area contributed by atoms with E-state index in [0.29, 0.717) is 52.5 Å². The molecule has 1 spiro atoms. The number of nitrogens with one attached hydrogen (secondary N) is 1. The van der Waals surface area contributed by atoms with Gasteiger partial charge in [-0.05, 0) is 48.6 Å².